The molecule has 3 heterocycles. The summed E-state index contributed by atoms with van der Waals surface area (Å²) in [5.41, 5.74) is 5.13. The lowest BCUT2D eigenvalue weighted by atomic mass is 10.1. The molecule has 1 aromatic heterocycles. The molecule has 0 saturated carbocycles. The Balaban J connectivity index is 0.000000299. The highest BCUT2D eigenvalue weighted by Crippen LogP contribution is 2.17. The Morgan fingerprint density at radius 3 is 2.70 bits per heavy atom. The summed E-state index contributed by atoms with van der Waals surface area (Å²) in [6.45, 7) is 7.06. The first-order valence-electron chi connectivity index (χ1n) is 9.52. The van der Waals surface area contributed by atoms with Gasteiger partial charge in [-0.05, 0) is 56.5 Å². The predicted octanol–water partition coefficient (Wildman–Crippen LogP) is 2.84. The number of methoxy groups -OCH3 is 1. The number of hydrogen-bond acceptors (Lipinski definition) is 6. The summed E-state index contributed by atoms with van der Waals surface area (Å²) >= 11 is 0. The van der Waals surface area contributed by atoms with Gasteiger partial charge >= 0.3 is 0 Å². The molecule has 2 aliphatic heterocycles. The molecule has 1 fully saturated rings. The Hall–Kier alpha value is -2.60. The summed E-state index contributed by atoms with van der Waals surface area (Å²) < 4.78 is 5.46. The van der Waals surface area contributed by atoms with Crippen LogP contribution in [-0.4, -0.2) is 36.2 Å². The summed E-state index contributed by atoms with van der Waals surface area (Å²) in [4.78, 5) is 8.60. The van der Waals surface area contributed by atoms with Crippen LogP contribution in [0.25, 0.3) is 11.0 Å². The van der Waals surface area contributed by atoms with Gasteiger partial charge < -0.3 is 20.7 Å². The average Bonchev–Trinajstić information content (AvgIpc) is 3.17. The van der Waals surface area contributed by atoms with Gasteiger partial charge in [0.05, 0.1) is 23.8 Å². The molecular weight excluding hydrogens is 338 g/mol. The molecular formula is C21H29N5O. The molecule has 1 atom stereocenters. The highest BCUT2D eigenvalue weighted by atomic mass is 16.5. The van der Waals surface area contributed by atoms with Crippen LogP contribution in [-0.2, 0) is 11.3 Å². The van der Waals surface area contributed by atoms with E-state index in [0.717, 1.165) is 40.6 Å². The lowest BCUT2D eigenvalue weighted by Gasteiger charge is -2.21. The van der Waals surface area contributed by atoms with Gasteiger partial charge in [0.2, 0.25) is 0 Å². The zero-order valence-electron chi connectivity index (χ0n) is 16.4. The van der Waals surface area contributed by atoms with E-state index >= 15 is 0 Å². The molecule has 6 nitrogen and oxygen atoms in total. The van der Waals surface area contributed by atoms with Crippen molar-refractivity contribution in [2.24, 2.45) is 0 Å². The zero-order valence-corrected chi connectivity index (χ0v) is 16.4. The Labute approximate surface area is 161 Å². The van der Waals surface area contributed by atoms with Gasteiger partial charge in [-0.25, -0.2) is 0 Å². The van der Waals surface area contributed by atoms with Gasteiger partial charge in [0.25, 0.3) is 0 Å². The van der Waals surface area contributed by atoms with Crippen molar-refractivity contribution in [2.75, 3.05) is 20.2 Å². The summed E-state index contributed by atoms with van der Waals surface area (Å²) in [7, 11) is 1.70. The highest BCUT2D eigenvalue weighted by Gasteiger charge is 2.13. The van der Waals surface area contributed by atoms with Gasteiger partial charge in [0.1, 0.15) is 5.76 Å². The van der Waals surface area contributed by atoms with Crippen molar-refractivity contribution in [3.8, 4) is 0 Å². The number of rotatable bonds is 4. The number of benzene rings is 1. The van der Waals surface area contributed by atoms with Gasteiger partial charge in [-0.1, -0.05) is 6.07 Å². The molecule has 0 bridgehead atoms. The first kappa shape index (κ1) is 19.2. The van der Waals surface area contributed by atoms with Crippen LogP contribution in [0.15, 0.2) is 53.8 Å². The van der Waals surface area contributed by atoms with Crippen LogP contribution in [0.5, 0.6) is 0 Å². The highest BCUT2D eigenvalue weighted by molar-refractivity contribution is 5.74. The number of nitrogens with one attached hydrogen (secondary N) is 3. The summed E-state index contributed by atoms with van der Waals surface area (Å²) in [6.07, 6.45) is 8.12. The second-order valence-electron chi connectivity index (χ2n) is 6.98. The zero-order chi connectivity index (χ0) is 19.1. The third-order valence-electron chi connectivity index (χ3n) is 4.77. The number of nitrogens with zero attached hydrogens (tertiary/aromatic N) is 2. The van der Waals surface area contributed by atoms with E-state index in [9.17, 15) is 0 Å². The quantitative estimate of drug-likeness (QED) is 0.772. The lowest BCUT2D eigenvalue weighted by molar-refractivity contribution is 0.287. The molecule has 27 heavy (non-hydrogen) atoms. The molecule has 0 aliphatic carbocycles. The van der Waals surface area contributed by atoms with Gasteiger partial charge in [0.15, 0.2) is 0 Å². The SMILES string of the molecule is CC1CCCN1.COC1=C(C)CNC=C1NCc1ccc2nccnc2c1. The molecule has 1 unspecified atom stereocenters. The van der Waals surface area contributed by atoms with Gasteiger partial charge in [0, 0.05) is 37.7 Å². The molecule has 0 amide bonds. The average molecular weight is 367 g/mol. The third kappa shape index (κ3) is 5.20. The number of aromatic nitrogens is 2. The molecule has 6 heteroatoms. The van der Waals surface area contributed by atoms with Crippen LogP contribution < -0.4 is 16.0 Å². The van der Waals surface area contributed by atoms with E-state index in [1.165, 1.54) is 25.0 Å². The minimum Gasteiger partial charge on any atom is -0.495 e. The Morgan fingerprint density at radius 1 is 1.22 bits per heavy atom. The van der Waals surface area contributed by atoms with Gasteiger partial charge in [-0.15, -0.1) is 0 Å². The summed E-state index contributed by atoms with van der Waals surface area (Å²) in [5.74, 6) is 0.911. The largest absolute Gasteiger partial charge is 0.495 e. The van der Waals surface area contributed by atoms with Crippen molar-refractivity contribution in [1.29, 1.82) is 0 Å². The van der Waals surface area contributed by atoms with Crippen molar-refractivity contribution in [2.45, 2.75) is 39.3 Å². The molecule has 144 valence electrons. The molecule has 1 aromatic carbocycles. The van der Waals surface area contributed by atoms with Gasteiger partial charge in [-0.2, -0.15) is 0 Å². The van der Waals surface area contributed by atoms with E-state index < -0.39 is 0 Å². The van der Waals surface area contributed by atoms with E-state index in [-0.39, 0.29) is 0 Å². The molecule has 0 radical (unpaired) electrons. The van der Waals surface area contributed by atoms with Crippen molar-refractivity contribution in [3.63, 3.8) is 0 Å². The Morgan fingerprint density at radius 2 is 2.04 bits per heavy atom. The number of fused-ring (bicyclic) bond motifs is 1. The number of dihydropyridines is 1. The van der Waals surface area contributed by atoms with Crippen molar-refractivity contribution < 1.29 is 4.74 Å². The van der Waals surface area contributed by atoms with Crippen molar-refractivity contribution in [3.05, 3.63) is 59.4 Å². The first-order chi connectivity index (χ1) is 13.2. The topological polar surface area (TPSA) is 71.1 Å². The molecule has 2 aromatic rings. The molecule has 2 aliphatic rings. The number of hydrogen-bond donors (Lipinski definition) is 3. The van der Waals surface area contributed by atoms with E-state index in [1.54, 1.807) is 19.5 Å². The second kappa shape index (κ2) is 9.37. The summed E-state index contributed by atoms with van der Waals surface area (Å²) in [5, 5.41) is 9.95. The molecule has 3 N–H and O–H groups in total. The van der Waals surface area contributed by atoms with Crippen LogP contribution >= 0.6 is 0 Å². The molecule has 0 spiro atoms. The normalized spacial score (nSPS) is 19.1. The monoisotopic (exact) mass is 367 g/mol. The van der Waals surface area contributed by atoms with E-state index in [1.807, 2.05) is 12.3 Å². The van der Waals surface area contributed by atoms with Gasteiger partial charge in [-0.3, -0.25) is 9.97 Å². The van der Waals surface area contributed by atoms with Crippen LogP contribution in [0.2, 0.25) is 0 Å². The van der Waals surface area contributed by atoms with Crippen LogP contribution in [0.3, 0.4) is 0 Å². The standard InChI is InChI=1S/C16H18N4O.C5H11N/c1-11-8-17-10-15(16(11)21-2)20-9-12-3-4-13-14(7-12)19-6-5-18-13;1-5-3-2-4-6-5/h3-7,10,17,20H,8-9H2,1-2H3;5-6H,2-4H2,1H3. The fourth-order valence-corrected chi connectivity index (χ4v) is 3.27. The maximum absolute atomic E-state index is 5.46. The minimum atomic E-state index is 0.708. The Bertz CT molecular complexity index is 824. The third-order valence-corrected chi connectivity index (χ3v) is 4.77. The van der Waals surface area contributed by atoms with E-state index in [2.05, 4.69) is 51.9 Å². The summed E-state index contributed by atoms with van der Waals surface area (Å²) in [6, 6.07) is 6.90. The smallest absolute Gasteiger partial charge is 0.144 e. The fraction of sp³-hybridized carbons (Fsp3) is 0.429. The lowest BCUT2D eigenvalue weighted by Crippen LogP contribution is -2.25. The maximum atomic E-state index is 5.46. The minimum absolute atomic E-state index is 0.708. The first-order valence-corrected chi connectivity index (χ1v) is 9.52. The second-order valence-corrected chi connectivity index (χ2v) is 6.98. The van der Waals surface area contributed by atoms with Crippen LogP contribution in [0.4, 0.5) is 0 Å². The maximum Gasteiger partial charge on any atom is 0.144 e. The van der Waals surface area contributed by atoms with Crippen molar-refractivity contribution in [1.82, 2.24) is 25.9 Å². The van der Waals surface area contributed by atoms with E-state index in [0.29, 0.717) is 6.54 Å². The predicted molar refractivity (Wildman–Crippen MR) is 109 cm³/mol. The van der Waals surface area contributed by atoms with Crippen LogP contribution in [0.1, 0.15) is 32.3 Å². The molecule has 1 saturated heterocycles. The Kier molecular flexibility index (Phi) is 6.65. The molecule has 4 rings (SSSR count). The van der Waals surface area contributed by atoms with E-state index in [4.69, 9.17) is 4.74 Å². The van der Waals surface area contributed by atoms with Crippen LogP contribution in [0, 0.1) is 0 Å². The number of ether oxygens (including phenoxy) is 1. The van der Waals surface area contributed by atoms with Crippen molar-refractivity contribution >= 4 is 11.0 Å². The fourth-order valence-electron chi connectivity index (χ4n) is 3.27.